The highest BCUT2D eigenvalue weighted by molar-refractivity contribution is 14.1. The molecule has 0 bridgehead atoms. The number of fused-ring (bicyclic) bond motifs is 1. The molecule has 1 atom stereocenters. The molecule has 144 valence electrons. The molecule has 1 aliphatic rings. The molecule has 0 aliphatic carbocycles. The fourth-order valence-corrected chi connectivity index (χ4v) is 4.20. The average molecular weight is 511 g/mol. The van der Waals surface area contributed by atoms with E-state index in [9.17, 15) is 4.79 Å². The summed E-state index contributed by atoms with van der Waals surface area (Å²) in [4.78, 5) is 24.8. The van der Waals surface area contributed by atoms with Crippen molar-refractivity contribution in [3.8, 4) is 0 Å². The van der Waals surface area contributed by atoms with Gasteiger partial charge in [-0.15, -0.1) is 0 Å². The second-order valence-electron chi connectivity index (χ2n) is 6.34. The van der Waals surface area contributed by atoms with Crippen molar-refractivity contribution in [1.29, 1.82) is 0 Å². The van der Waals surface area contributed by atoms with Gasteiger partial charge in [-0.3, -0.25) is 4.79 Å². The van der Waals surface area contributed by atoms with Gasteiger partial charge in [-0.2, -0.15) is 14.9 Å². The third kappa shape index (κ3) is 3.53. The van der Waals surface area contributed by atoms with Gasteiger partial charge in [0.2, 0.25) is 5.91 Å². The maximum Gasteiger partial charge on any atom is 0.242 e. The number of hydrogen-bond acceptors (Lipinski definition) is 7. The third-order valence-corrected chi connectivity index (χ3v) is 5.45. The average Bonchev–Trinajstić information content (AvgIpc) is 3.14. The first kappa shape index (κ1) is 19.0. The molecule has 9 nitrogen and oxygen atoms in total. The normalized spacial score (nSPS) is 15.6. The van der Waals surface area contributed by atoms with E-state index < -0.39 is 0 Å². The monoisotopic (exact) mass is 510 g/mol. The fraction of sp³-hybridized carbons (Fsp3) is 0.294. The van der Waals surface area contributed by atoms with E-state index in [1.807, 2.05) is 19.1 Å². The summed E-state index contributed by atoms with van der Waals surface area (Å²) < 4.78 is 2.62. The molecule has 0 unspecified atom stereocenters. The summed E-state index contributed by atoms with van der Waals surface area (Å²) in [5.74, 6) is 1.99. The minimum absolute atomic E-state index is 0.0180. The highest BCUT2D eigenvalue weighted by Crippen LogP contribution is 2.29. The third-order valence-electron chi connectivity index (χ3n) is 4.40. The summed E-state index contributed by atoms with van der Waals surface area (Å²) in [5.41, 5.74) is 0.827. The van der Waals surface area contributed by atoms with Gasteiger partial charge in [-0.1, -0.05) is 11.6 Å². The van der Waals surface area contributed by atoms with Crippen molar-refractivity contribution in [2.75, 3.05) is 12.4 Å². The maximum absolute atomic E-state index is 11.7. The Balaban J connectivity index is 1.67. The lowest BCUT2D eigenvalue weighted by Crippen LogP contribution is -2.32. The standard InChI is InChI=1S/C17H16ClIN8O/c1-9(17-22-8-23-27(17)13-3-4-14(28)26(2)25-13)24-16-11-5-10(18)6-12(19)15(11)20-7-21-16/h5-9H,3-4H2,1-2H3,(H,20,21,24)/t9-/m0/s1. The van der Waals surface area contributed by atoms with Crippen molar-refractivity contribution in [2.24, 2.45) is 5.10 Å². The van der Waals surface area contributed by atoms with Gasteiger partial charge in [0, 0.05) is 33.9 Å². The van der Waals surface area contributed by atoms with Gasteiger partial charge >= 0.3 is 0 Å². The molecule has 1 aliphatic heterocycles. The van der Waals surface area contributed by atoms with Crippen LogP contribution in [-0.2, 0) is 4.79 Å². The first-order valence-corrected chi connectivity index (χ1v) is 10.0. The number of nitrogens with one attached hydrogen (secondary N) is 1. The van der Waals surface area contributed by atoms with Crippen LogP contribution < -0.4 is 5.32 Å². The summed E-state index contributed by atoms with van der Waals surface area (Å²) >= 11 is 8.43. The van der Waals surface area contributed by atoms with Crippen molar-refractivity contribution in [3.63, 3.8) is 0 Å². The van der Waals surface area contributed by atoms with E-state index in [1.165, 1.54) is 17.7 Å². The Morgan fingerprint density at radius 2 is 2.04 bits per heavy atom. The van der Waals surface area contributed by atoms with Crippen molar-refractivity contribution in [1.82, 2.24) is 29.7 Å². The highest BCUT2D eigenvalue weighted by Gasteiger charge is 2.23. The van der Waals surface area contributed by atoms with E-state index in [0.29, 0.717) is 35.3 Å². The maximum atomic E-state index is 11.7. The molecule has 28 heavy (non-hydrogen) atoms. The summed E-state index contributed by atoms with van der Waals surface area (Å²) in [5, 5.41) is 14.8. The summed E-state index contributed by atoms with van der Waals surface area (Å²) in [6.45, 7) is 1.96. The van der Waals surface area contributed by atoms with Crippen LogP contribution in [0.3, 0.4) is 0 Å². The first-order chi connectivity index (χ1) is 13.4. The summed E-state index contributed by atoms with van der Waals surface area (Å²) in [7, 11) is 1.64. The minimum atomic E-state index is -0.220. The second kappa shape index (κ2) is 7.59. The molecule has 0 saturated carbocycles. The van der Waals surface area contributed by atoms with E-state index >= 15 is 0 Å². The van der Waals surface area contributed by atoms with Crippen LogP contribution in [0.5, 0.6) is 0 Å². The van der Waals surface area contributed by atoms with Crippen molar-refractivity contribution in [2.45, 2.75) is 25.8 Å². The Hall–Kier alpha value is -2.34. The predicted molar refractivity (Wildman–Crippen MR) is 114 cm³/mol. The van der Waals surface area contributed by atoms with Crippen molar-refractivity contribution in [3.05, 3.63) is 39.2 Å². The van der Waals surface area contributed by atoms with Crippen molar-refractivity contribution < 1.29 is 4.79 Å². The van der Waals surface area contributed by atoms with Gasteiger partial charge in [-0.05, 0) is 41.6 Å². The number of nitrogens with zero attached hydrogens (tertiary/aromatic N) is 7. The smallest absolute Gasteiger partial charge is 0.242 e. The number of halogens is 2. The van der Waals surface area contributed by atoms with E-state index in [4.69, 9.17) is 11.6 Å². The highest BCUT2D eigenvalue weighted by atomic mass is 127. The second-order valence-corrected chi connectivity index (χ2v) is 7.93. The molecule has 3 heterocycles. The lowest BCUT2D eigenvalue weighted by Gasteiger charge is -2.21. The SMILES string of the molecule is C[C@H](Nc1ncnc2c(I)cc(Cl)cc12)c1ncnn1C1=NN(C)C(=O)CC1. The van der Waals surface area contributed by atoms with Crippen LogP contribution >= 0.6 is 34.2 Å². The van der Waals surface area contributed by atoms with Crippen LogP contribution in [0.25, 0.3) is 10.9 Å². The Morgan fingerprint density at radius 3 is 2.82 bits per heavy atom. The molecule has 4 rings (SSSR count). The fourth-order valence-electron chi connectivity index (χ4n) is 3.03. The lowest BCUT2D eigenvalue weighted by atomic mass is 10.2. The van der Waals surface area contributed by atoms with Crippen molar-refractivity contribution >= 4 is 62.7 Å². The number of rotatable bonds is 3. The largest absolute Gasteiger partial charge is 0.360 e. The molecule has 1 amide bonds. The van der Waals surface area contributed by atoms with E-state index in [1.54, 1.807) is 11.7 Å². The molecule has 0 saturated heterocycles. The van der Waals surface area contributed by atoms with Crippen LogP contribution in [0, 0.1) is 3.57 Å². The number of carbonyl (C=O) groups excluding carboxylic acids is 1. The zero-order valence-electron chi connectivity index (χ0n) is 15.1. The summed E-state index contributed by atoms with van der Waals surface area (Å²) in [6, 6.07) is 3.48. The van der Waals surface area contributed by atoms with Gasteiger partial charge in [-0.25, -0.2) is 20.0 Å². The van der Waals surface area contributed by atoms with Crippen LogP contribution in [0.1, 0.15) is 31.6 Å². The quantitative estimate of drug-likeness (QED) is 0.544. The topological polar surface area (TPSA) is 101 Å². The first-order valence-electron chi connectivity index (χ1n) is 8.54. The number of aromatic nitrogens is 5. The Kier molecular flexibility index (Phi) is 5.15. The molecule has 2 aromatic heterocycles. The lowest BCUT2D eigenvalue weighted by molar-refractivity contribution is -0.130. The molecular formula is C17H16ClIN8O. The van der Waals surface area contributed by atoms with Crippen LogP contribution in [-0.4, -0.2) is 48.5 Å². The zero-order valence-corrected chi connectivity index (χ0v) is 18.0. The van der Waals surface area contributed by atoms with Crippen LogP contribution in [0.4, 0.5) is 5.82 Å². The Morgan fingerprint density at radius 1 is 1.21 bits per heavy atom. The number of benzene rings is 1. The van der Waals surface area contributed by atoms with Gasteiger partial charge in [0.15, 0.2) is 11.7 Å². The van der Waals surface area contributed by atoms with Crippen LogP contribution in [0.15, 0.2) is 29.9 Å². The minimum Gasteiger partial charge on any atom is -0.360 e. The van der Waals surface area contributed by atoms with E-state index in [2.05, 4.69) is 53.1 Å². The number of amides is 1. The molecule has 0 radical (unpaired) electrons. The number of carbonyl (C=O) groups is 1. The number of anilines is 1. The predicted octanol–water partition coefficient (Wildman–Crippen LogP) is 3.07. The van der Waals surface area contributed by atoms with Gasteiger partial charge in [0.05, 0.1) is 11.6 Å². The van der Waals surface area contributed by atoms with Gasteiger partial charge in [0.1, 0.15) is 18.5 Å². The summed E-state index contributed by atoms with van der Waals surface area (Å²) in [6.07, 6.45) is 3.90. The van der Waals surface area contributed by atoms with E-state index in [0.717, 1.165) is 14.5 Å². The molecule has 1 N–H and O–H groups in total. The molecule has 1 aromatic carbocycles. The number of hydrogen-bond donors (Lipinski definition) is 1. The molecule has 0 fully saturated rings. The molecule has 3 aromatic rings. The molecule has 0 spiro atoms. The van der Waals surface area contributed by atoms with Gasteiger partial charge < -0.3 is 5.32 Å². The van der Waals surface area contributed by atoms with Gasteiger partial charge in [0.25, 0.3) is 0 Å². The van der Waals surface area contributed by atoms with Crippen LogP contribution in [0.2, 0.25) is 5.02 Å². The molecule has 11 heteroatoms. The number of hydrazone groups is 1. The zero-order chi connectivity index (χ0) is 19.8. The Labute approximate surface area is 179 Å². The molecular weight excluding hydrogens is 495 g/mol. The van der Waals surface area contributed by atoms with E-state index in [-0.39, 0.29) is 11.9 Å². The Bertz CT molecular complexity index is 1100.